The molecule has 0 amide bonds. The van der Waals surface area contributed by atoms with Gasteiger partial charge in [0, 0.05) is 10.9 Å². The maximum atomic E-state index is 10.2. The third-order valence-electron chi connectivity index (χ3n) is 5.85. The molecular weight excluding hydrogens is 408 g/mol. The first kappa shape index (κ1) is 20.5. The number of phenols is 1. The van der Waals surface area contributed by atoms with E-state index in [2.05, 4.69) is 23.9 Å². The summed E-state index contributed by atoms with van der Waals surface area (Å²) in [6.45, 7) is 12.1. The molecule has 5 rings (SSSR count). The highest BCUT2D eigenvalue weighted by atomic mass is 16.3. The molecular formula is C28H22N4O. The Balaban J connectivity index is 1.91. The number of benzene rings is 3. The summed E-state index contributed by atoms with van der Waals surface area (Å²) in [4.78, 5) is 8.94. The molecule has 0 fully saturated rings. The average molecular weight is 431 g/mol. The molecule has 0 saturated heterocycles. The quantitative estimate of drug-likeness (QED) is 0.316. The smallest absolute Gasteiger partial charge is 0.221 e. The van der Waals surface area contributed by atoms with Gasteiger partial charge in [-0.2, -0.15) is 5.10 Å². The first-order chi connectivity index (χ1) is 16.1. The van der Waals surface area contributed by atoms with Crippen molar-refractivity contribution in [3.8, 4) is 33.8 Å². The largest absolute Gasteiger partial charge is 0.508 e. The maximum Gasteiger partial charge on any atom is 0.221 e. The minimum atomic E-state index is 0.148. The molecule has 2 aromatic heterocycles. The number of fused-ring (bicyclic) bond motifs is 1. The number of aromatic nitrogens is 3. The molecule has 5 heteroatoms. The SMILES string of the molecule is [C-]#[N+]c1c(-c2ccc(CC)cc2)nc2c(c(C)nn2-c2ccccc2)c1-c1cccc(O)c1. The first-order valence-electron chi connectivity index (χ1n) is 10.9. The number of aryl methyl sites for hydroxylation is 2. The van der Waals surface area contributed by atoms with Crippen LogP contribution in [0.5, 0.6) is 5.75 Å². The summed E-state index contributed by atoms with van der Waals surface area (Å²) in [5, 5.41) is 15.8. The van der Waals surface area contributed by atoms with Gasteiger partial charge in [0.15, 0.2) is 5.65 Å². The van der Waals surface area contributed by atoms with Crippen molar-refractivity contribution in [3.05, 3.63) is 102 Å². The fourth-order valence-electron chi connectivity index (χ4n) is 4.21. The second-order valence-corrected chi connectivity index (χ2v) is 7.93. The molecule has 0 spiro atoms. The molecule has 0 atom stereocenters. The standard InChI is InChI=1S/C28H22N4O/c1-4-19-13-15-20(16-14-19)26-27(29-3)25(21-9-8-12-23(33)17-21)24-18(2)31-32(28(24)30-26)22-10-6-5-7-11-22/h5-17,33H,4H2,1-2H3. The van der Waals surface area contributed by atoms with Crippen LogP contribution >= 0.6 is 0 Å². The van der Waals surface area contributed by atoms with Crippen molar-refractivity contribution in [1.82, 2.24) is 14.8 Å². The van der Waals surface area contributed by atoms with Crippen LogP contribution in [0.4, 0.5) is 5.69 Å². The second-order valence-electron chi connectivity index (χ2n) is 7.93. The summed E-state index contributed by atoms with van der Waals surface area (Å²) >= 11 is 0. The Morgan fingerprint density at radius 3 is 2.36 bits per heavy atom. The van der Waals surface area contributed by atoms with Gasteiger partial charge in [0.05, 0.1) is 23.6 Å². The van der Waals surface area contributed by atoms with Crippen molar-refractivity contribution < 1.29 is 5.11 Å². The highest BCUT2D eigenvalue weighted by molar-refractivity contribution is 6.06. The van der Waals surface area contributed by atoms with E-state index in [1.54, 1.807) is 18.2 Å². The van der Waals surface area contributed by atoms with Gasteiger partial charge in [0.2, 0.25) is 5.69 Å². The van der Waals surface area contributed by atoms with Crippen molar-refractivity contribution in [3.63, 3.8) is 0 Å². The van der Waals surface area contributed by atoms with Crippen LogP contribution in [0.1, 0.15) is 18.2 Å². The van der Waals surface area contributed by atoms with E-state index in [1.807, 2.05) is 60.1 Å². The van der Waals surface area contributed by atoms with Gasteiger partial charge < -0.3 is 5.11 Å². The van der Waals surface area contributed by atoms with E-state index in [4.69, 9.17) is 16.7 Å². The highest BCUT2D eigenvalue weighted by Gasteiger charge is 2.23. The number of phenolic OH excluding ortho intramolecular Hbond substituents is 1. The van der Waals surface area contributed by atoms with Crippen LogP contribution in [0.15, 0.2) is 78.9 Å². The monoisotopic (exact) mass is 430 g/mol. The van der Waals surface area contributed by atoms with Crippen LogP contribution in [0.25, 0.3) is 44.0 Å². The first-order valence-corrected chi connectivity index (χ1v) is 10.9. The second kappa shape index (κ2) is 8.25. The third kappa shape index (κ3) is 3.52. The summed E-state index contributed by atoms with van der Waals surface area (Å²) in [6, 6.07) is 25.1. The minimum absolute atomic E-state index is 0.148. The number of nitrogens with zero attached hydrogens (tertiary/aromatic N) is 4. The zero-order valence-electron chi connectivity index (χ0n) is 18.4. The lowest BCUT2D eigenvalue weighted by Gasteiger charge is -2.13. The van der Waals surface area contributed by atoms with Crippen LogP contribution in [-0.2, 0) is 6.42 Å². The summed E-state index contributed by atoms with van der Waals surface area (Å²) in [5.41, 5.74) is 7.01. The van der Waals surface area contributed by atoms with E-state index < -0.39 is 0 Å². The van der Waals surface area contributed by atoms with Gasteiger partial charge in [0.25, 0.3) is 0 Å². The molecule has 0 bridgehead atoms. The molecule has 5 aromatic rings. The van der Waals surface area contributed by atoms with Gasteiger partial charge in [-0.25, -0.2) is 14.5 Å². The lowest BCUT2D eigenvalue weighted by atomic mass is 9.96. The van der Waals surface area contributed by atoms with E-state index in [0.29, 0.717) is 17.0 Å². The Kier molecular flexibility index (Phi) is 5.12. The van der Waals surface area contributed by atoms with Crippen molar-refractivity contribution in [2.24, 2.45) is 0 Å². The molecule has 0 aliphatic heterocycles. The highest BCUT2D eigenvalue weighted by Crippen LogP contribution is 2.44. The minimum Gasteiger partial charge on any atom is -0.508 e. The van der Waals surface area contributed by atoms with Gasteiger partial charge in [-0.05, 0) is 54.3 Å². The number of rotatable bonds is 4. The Hall–Kier alpha value is -4.43. The van der Waals surface area contributed by atoms with Gasteiger partial charge in [-0.3, -0.25) is 0 Å². The molecule has 33 heavy (non-hydrogen) atoms. The lowest BCUT2D eigenvalue weighted by Crippen LogP contribution is -1.99. The van der Waals surface area contributed by atoms with Crippen LogP contribution in [0.2, 0.25) is 0 Å². The Morgan fingerprint density at radius 1 is 0.939 bits per heavy atom. The summed E-state index contributed by atoms with van der Waals surface area (Å²) in [6.07, 6.45) is 0.941. The van der Waals surface area contributed by atoms with E-state index in [9.17, 15) is 5.11 Å². The molecule has 0 saturated carbocycles. The summed E-state index contributed by atoms with van der Waals surface area (Å²) in [7, 11) is 0. The molecule has 0 unspecified atom stereocenters. The molecule has 2 heterocycles. The van der Waals surface area contributed by atoms with Crippen LogP contribution < -0.4 is 0 Å². The van der Waals surface area contributed by atoms with Crippen molar-refractivity contribution in [2.45, 2.75) is 20.3 Å². The van der Waals surface area contributed by atoms with Crippen LogP contribution in [0.3, 0.4) is 0 Å². The number of pyridine rings is 1. The summed E-state index contributed by atoms with van der Waals surface area (Å²) in [5.74, 6) is 0.148. The predicted octanol–water partition coefficient (Wildman–Crippen LogP) is 6.88. The van der Waals surface area contributed by atoms with Gasteiger partial charge in [-0.1, -0.05) is 61.5 Å². The Morgan fingerprint density at radius 2 is 1.70 bits per heavy atom. The van der Waals surface area contributed by atoms with Crippen LogP contribution in [0, 0.1) is 13.5 Å². The molecule has 0 radical (unpaired) electrons. The van der Waals surface area contributed by atoms with E-state index in [1.165, 1.54) is 5.56 Å². The molecule has 0 aliphatic rings. The molecule has 1 N–H and O–H groups in total. The summed E-state index contributed by atoms with van der Waals surface area (Å²) < 4.78 is 1.83. The van der Waals surface area contributed by atoms with Crippen molar-refractivity contribution in [2.75, 3.05) is 0 Å². The fourth-order valence-corrected chi connectivity index (χ4v) is 4.21. The molecule has 3 aromatic carbocycles. The number of hydrogen-bond acceptors (Lipinski definition) is 3. The van der Waals surface area contributed by atoms with Gasteiger partial charge >= 0.3 is 0 Å². The van der Waals surface area contributed by atoms with E-state index in [0.717, 1.165) is 39.9 Å². The van der Waals surface area contributed by atoms with Crippen LogP contribution in [-0.4, -0.2) is 19.9 Å². The average Bonchev–Trinajstić information content (AvgIpc) is 3.19. The number of aromatic hydroxyl groups is 1. The van der Waals surface area contributed by atoms with Gasteiger partial charge in [0.1, 0.15) is 5.75 Å². The zero-order chi connectivity index (χ0) is 22.9. The Labute approximate surface area is 192 Å². The Bertz CT molecular complexity index is 1510. The maximum absolute atomic E-state index is 10.2. The lowest BCUT2D eigenvalue weighted by molar-refractivity contribution is 0.475. The van der Waals surface area contributed by atoms with Crippen molar-refractivity contribution in [1.29, 1.82) is 0 Å². The number of para-hydroxylation sites is 1. The predicted molar refractivity (Wildman–Crippen MR) is 132 cm³/mol. The molecule has 5 nitrogen and oxygen atoms in total. The molecule has 0 aliphatic carbocycles. The normalized spacial score (nSPS) is 10.9. The van der Waals surface area contributed by atoms with Gasteiger partial charge in [-0.15, -0.1) is 0 Å². The molecule has 160 valence electrons. The number of hydrogen-bond donors (Lipinski definition) is 1. The van der Waals surface area contributed by atoms with Crippen molar-refractivity contribution >= 4 is 16.7 Å². The fraction of sp³-hybridized carbons (Fsp3) is 0.107. The zero-order valence-corrected chi connectivity index (χ0v) is 18.4. The topological polar surface area (TPSA) is 55.3 Å². The van der Waals surface area contributed by atoms with E-state index >= 15 is 0 Å². The third-order valence-corrected chi connectivity index (χ3v) is 5.85. The van der Waals surface area contributed by atoms with E-state index in [-0.39, 0.29) is 5.75 Å².